The molecule has 2 aromatic rings. The number of nitrogens with zero attached hydrogens (tertiary/aromatic N) is 4. The van der Waals surface area contributed by atoms with E-state index in [2.05, 4.69) is 31.1 Å². The minimum Gasteiger partial charge on any atom is -0.328 e. The van der Waals surface area contributed by atoms with Gasteiger partial charge in [0.05, 0.1) is 5.69 Å². The van der Waals surface area contributed by atoms with Crippen molar-refractivity contribution in [3.05, 3.63) is 53.7 Å². The monoisotopic (exact) mass is 451 g/mol. The highest BCUT2D eigenvalue weighted by atomic mass is 16.2. The van der Waals surface area contributed by atoms with Crippen LogP contribution in [0, 0.1) is 0 Å². The molecule has 176 valence electrons. The van der Waals surface area contributed by atoms with E-state index in [0.29, 0.717) is 18.1 Å². The molecule has 8 nitrogen and oxygen atoms in total. The lowest BCUT2D eigenvalue weighted by Crippen LogP contribution is -2.43. The predicted octanol–water partition coefficient (Wildman–Crippen LogP) is 4.61. The van der Waals surface area contributed by atoms with E-state index in [1.165, 1.54) is 9.80 Å². The predicted molar refractivity (Wildman–Crippen MR) is 129 cm³/mol. The van der Waals surface area contributed by atoms with Crippen molar-refractivity contribution in [3.63, 3.8) is 0 Å². The highest BCUT2D eigenvalue weighted by Crippen LogP contribution is 2.34. The molecule has 3 rings (SSSR count). The molecule has 0 bridgehead atoms. The van der Waals surface area contributed by atoms with E-state index in [-0.39, 0.29) is 29.9 Å². The Hall–Kier alpha value is -3.42. The zero-order valence-electron chi connectivity index (χ0n) is 20.5. The molecular weight excluding hydrogens is 418 g/mol. The highest BCUT2D eigenvalue weighted by Gasteiger charge is 2.51. The molecule has 5 amide bonds. The lowest BCUT2D eigenvalue weighted by atomic mass is 9.87. The minimum atomic E-state index is -1.02. The Kier molecular flexibility index (Phi) is 6.49. The van der Waals surface area contributed by atoms with Crippen LogP contribution in [-0.2, 0) is 16.8 Å². The number of benzene rings is 1. The maximum absolute atomic E-state index is 13.3. The van der Waals surface area contributed by atoms with E-state index in [0.717, 1.165) is 11.1 Å². The Morgan fingerprint density at radius 3 is 2.33 bits per heavy atom. The summed E-state index contributed by atoms with van der Waals surface area (Å²) in [6.07, 6.45) is 1.58. The summed E-state index contributed by atoms with van der Waals surface area (Å²) in [6.45, 7) is 12.5. The topological polar surface area (TPSA) is 85.9 Å². The van der Waals surface area contributed by atoms with Gasteiger partial charge < -0.3 is 9.80 Å². The van der Waals surface area contributed by atoms with Crippen molar-refractivity contribution in [1.29, 1.82) is 0 Å². The number of anilines is 2. The molecule has 1 fully saturated rings. The van der Waals surface area contributed by atoms with Gasteiger partial charge in [0.2, 0.25) is 0 Å². The molecule has 0 saturated carbocycles. The number of carbonyl (C=O) groups excluding carboxylic acids is 3. The molecule has 0 spiro atoms. The summed E-state index contributed by atoms with van der Waals surface area (Å²) in [5, 5.41) is 2.75. The van der Waals surface area contributed by atoms with E-state index < -0.39 is 5.54 Å². The molecule has 1 aromatic carbocycles. The van der Waals surface area contributed by atoms with Gasteiger partial charge in [-0.25, -0.2) is 19.5 Å². The maximum atomic E-state index is 13.3. The zero-order chi connectivity index (χ0) is 24.6. The molecule has 0 radical (unpaired) electrons. The molecule has 2 heterocycles. The van der Waals surface area contributed by atoms with Crippen LogP contribution in [0.3, 0.4) is 0 Å². The van der Waals surface area contributed by atoms with Crippen molar-refractivity contribution in [2.45, 2.75) is 59.0 Å². The summed E-state index contributed by atoms with van der Waals surface area (Å²) in [6, 6.07) is 10.4. The van der Waals surface area contributed by atoms with Gasteiger partial charge in [0.1, 0.15) is 11.4 Å². The van der Waals surface area contributed by atoms with Crippen LogP contribution in [0.15, 0.2) is 42.6 Å². The number of aromatic nitrogens is 1. The van der Waals surface area contributed by atoms with E-state index >= 15 is 0 Å². The quantitative estimate of drug-likeness (QED) is 0.673. The number of rotatable bonds is 5. The number of hydrogen-bond acceptors (Lipinski definition) is 4. The van der Waals surface area contributed by atoms with Gasteiger partial charge in [-0.05, 0) is 61.6 Å². The van der Waals surface area contributed by atoms with Gasteiger partial charge in [0.25, 0.3) is 5.91 Å². The van der Waals surface area contributed by atoms with Crippen LogP contribution >= 0.6 is 0 Å². The maximum Gasteiger partial charge on any atom is 0.332 e. The van der Waals surface area contributed by atoms with Crippen molar-refractivity contribution >= 4 is 29.5 Å². The van der Waals surface area contributed by atoms with Crippen molar-refractivity contribution in [2.75, 3.05) is 23.8 Å². The van der Waals surface area contributed by atoms with Crippen LogP contribution in [0.2, 0.25) is 0 Å². The van der Waals surface area contributed by atoms with Crippen molar-refractivity contribution in [1.82, 2.24) is 14.8 Å². The van der Waals surface area contributed by atoms with Crippen LogP contribution < -0.4 is 10.2 Å². The second-order valence-electron chi connectivity index (χ2n) is 9.86. The van der Waals surface area contributed by atoms with E-state index in [4.69, 9.17) is 0 Å². The van der Waals surface area contributed by atoms with Crippen LogP contribution in [0.25, 0.3) is 0 Å². The number of carbonyl (C=O) groups is 3. The van der Waals surface area contributed by atoms with Crippen LogP contribution in [0.1, 0.15) is 52.7 Å². The Balaban J connectivity index is 1.83. The fraction of sp³-hybridized carbons (Fsp3) is 0.440. The summed E-state index contributed by atoms with van der Waals surface area (Å²) in [5.74, 6) is 0.117. The van der Waals surface area contributed by atoms with Gasteiger partial charge in [-0.3, -0.25) is 10.1 Å². The fourth-order valence-corrected chi connectivity index (χ4v) is 3.61. The number of urea groups is 2. The Labute approximate surface area is 195 Å². The molecule has 0 aliphatic carbocycles. The average molecular weight is 452 g/mol. The van der Waals surface area contributed by atoms with Gasteiger partial charge in [0.15, 0.2) is 0 Å². The van der Waals surface area contributed by atoms with Gasteiger partial charge in [-0.1, -0.05) is 32.9 Å². The molecule has 1 saturated heterocycles. The van der Waals surface area contributed by atoms with E-state index in [1.54, 1.807) is 44.1 Å². The smallest absolute Gasteiger partial charge is 0.328 e. The second-order valence-corrected chi connectivity index (χ2v) is 9.86. The standard InChI is InChI=1S/C25H33N5O3/c1-8-28(7)22(32)27-20-15-17(13-14-26-20)16-29-23(33)30(21(31)25(29,5)6)19-11-9-18(10-12-19)24(2,3)4/h9-15H,8,16H2,1-7H3,(H,26,27,32). The number of hydrogen-bond donors (Lipinski definition) is 1. The molecule has 1 aliphatic rings. The lowest BCUT2D eigenvalue weighted by molar-refractivity contribution is -0.123. The third-order valence-electron chi connectivity index (χ3n) is 6.04. The largest absolute Gasteiger partial charge is 0.332 e. The van der Waals surface area contributed by atoms with Gasteiger partial charge >= 0.3 is 12.1 Å². The number of nitrogens with one attached hydrogen (secondary N) is 1. The Morgan fingerprint density at radius 1 is 1.12 bits per heavy atom. The first kappa shape index (κ1) is 24.2. The summed E-state index contributed by atoms with van der Waals surface area (Å²) in [7, 11) is 1.69. The van der Waals surface area contributed by atoms with Gasteiger partial charge in [0, 0.05) is 26.3 Å². The van der Waals surface area contributed by atoms with Gasteiger partial charge in [-0.2, -0.15) is 0 Å². The fourth-order valence-electron chi connectivity index (χ4n) is 3.61. The van der Waals surface area contributed by atoms with E-state index in [9.17, 15) is 14.4 Å². The highest BCUT2D eigenvalue weighted by molar-refractivity contribution is 6.22. The van der Waals surface area contributed by atoms with Crippen LogP contribution in [0.5, 0.6) is 0 Å². The third kappa shape index (κ3) is 4.84. The summed E-state index contributed by atoms with van der Waals surface area (Å²) in [4.78, 5) is 47.2. The number of amides is 5. The van der Waals surface area contributed by atoms with Crippen molar-refractivity contribution in [2.24, 2.45) is 0 Å². The Morgan fingerprint density at radius 2 is 1.76 bits per heavy atom. The molecule has 1 N–H and O–H groups in total. The van der Waals surface area contributed by atoms with Crippen molar-refractivity contribution < 1.29 is 14.4 Å². The minimum absolute atomic E-state index is 0.0245. The Bertz CT molecular complexity index is 1060. The number of pyridine rings is 1. The van der Waals surface area contributed by atoms with E-state index in [1.807, 2.05) is 31.2 Å². The number of imide groups is 1. The zero-order valence-corrected chi connectivity index (χ0v) is 20.5. The average Bonchev–Trinajstić information content (AvgIpc) is 2.92. The summed E-state index contributed by atoms with van der Waals surface area (Å²) < 4.78 is 0. The molecule has 0 unspecified atom stereocenters. The summed E-state index contributed by atoms with van der Waals surface area (Å²) >= 11 is 0. The van der Waals surface area contributed by atoms with Crippen LogP contribution in [-0.4, -0.2) is 51.9 Å². The van der Waals surface area contributed by atoms with Crippen molar-refractivity contribution in [3.8, 4) is 0 Å². The molecule has 1 aliphatic heterocycles. The summed E-state index contributed by atoms with van der Waals surface area (Å²) in [5.41, 5.74) is 1.40. The SMILES string of the molecule is CCN(C)C(=O)Nc1cc(CN2C(=O)N(c3ccc(C(C)(C)C)cc3)C(=O)C2(C)C)ccn1. The lowest BCUT2D eigenvalue weighted by Gasteiger charge is -2.27. The second kappa shape index (κ2) is 8.84. The third-order valence-corrected chi connectivity index (χ3v) is 6.04. The first-order chi connectivity index (χ1) is 15.4. The van der Waals surface area contributed by atoms with Gasteiger partial charge in [-0.15, -0.1) is 0 Å². The normalized spacial score (nSPS) is 15.7. The molecule has 0 atom stereocenters. The first-order valence-electron chi connectivity index (χ1n) is 11.1. The molecule has 1 aromatic heterocycles. The molecular formula is C25H33N5O3. The molecule has 8 heteroatoms. The first-order valence-corrected chi connectivity index (χ1v) is 11.1. The van der Waals surface area contributed by atoms with Crippen LogP contribution in [0.4, 0.5) is 21.1 Å². The molecule has 33 heavy (non-hydrogen) atoms.